The van der Waals surface area contributed by atoms with Gasteiger partial charge in [0.15, 0.2) is 0 Å². The average molecular weight is 439 g/mol. The molecule has 0 saturated carbocycles. The van der Waals surface area contributed by atoms with Gasteiger partial charge in [0.1, 0.15) is 5.75 Å². The maximum absolute atomic E-state index is 13.1. The number of likely N-dealkylation sites (tertiary alicyclic amines) is 1. The molecular formula is C25H30N2O3S. The Morgan fingerprint density at radius 1 is 1.00 bits per heavy atom. The second kappa shape index (κ2) is 8.23. The Morgan fingerprint density at radius 2 is 1.61 bits per heavy atom. The molecule has 2 aliphatic heterocycles. The number of benzene rings is 2. The van der Waals surface area contributed by atoms with Crippen molar-refractivity contribution in [3.05, 3.63) is 59.7 Å². The van der Waals surface area contributed by atoms with Gasteiger partial charge in [0.25, 0.3) is 5.91 Å². The SMILES string of the molecule is COc1ccc(N2C(=O)CSC23CCN(C(=O)c2ccc(C(C)(C)C)cc2)CC3)cc1. The van der Waals surface area contributed by atoms with Gasteiger partial charge < -0.3 is 9.64 Å². The van der Waals surface area contributed by atoms with Crippen LogP contribution in [0.3, 0.4) is 0 Å². The molecule has 2 aromatic rings. The van der Waals surface area contributed by atoms with Crippen LogP contribution in [0.1, 0.15) is 49.5 Å². The van der Waals surface area contributed by atoms with Crippen molar-refractivity contribution in [2.75, 3.05) is 30.9 Å². The molecule has 2 amide bonds. The number of hydrogen-bond donors (Lipinski definition) is 0. The third-order valence-electron chi connectivity index (χ3n) is 6.28. The summed E-state index contributed by atoms with van der Waals surface area (Å²) in [6.07, 6.45) is 1.53. The zero-order valence-corrected chi connectivity index (χ0v) is 19.5. The highest BCUT2D eigenvalue weighted by atomic mass is 32.2. The molecule has 2 fully saturated rings. The van der Waals surface area contributed by atoms with Crippen LogP contribution in [0.5, 0.6) is 5.75 Å². The number of ether oxygens (including phenoxy) is 1. The van der Waals surface area contributed by atoms with E-state index in [1.807, 2.05) is 46.2 Å². The molecule has 2 saturated heterocycles. The molecule has 6 heteroatoms. The minimum atomic E-state index is -0.279. The highest BCUT2D eigenvalue weighted by Gasteiger charge is 2.49. The second-order valence-electron chi connectivity index (χ2n) is 9.28. The lowest BCUT2D eigenvalue weighted by atomic mass is 9.86. The molecule has 164 valence electrons. The lowest BCUT2D eigenvalue weighted by molar-refractivity contribution is -0.116. The Kier molecular flexibility index (Phi) is 5.77. The largest absolute Gasteiger partial charge is 0.497 e. The fourth-order valence-electron chi connectivity index (χ4n) is 4.39. The Morgan fingerprint density at radius 3 is 2.16 bits per heavy atom. The van der Waals surface area contributed by atoms with Gasteiger partial charge in [-0.05, 0) is 60.2 Å². The molecule has 2 aromatic carbocycles. The van der Waals surface area contributed by atoms with Crippen molar-refractivity contribution in [2.45, 2.75) is 43.9 Å². The van der Waals surface area contributed by atoms with Crippen molar-refractivity contribution < 1.29 is 14.3 Å². The van der Waals surface area contributed by atoms with Crippen LogP contribution < -0.4 is 9.64 Å². The Balaban J connectivity index is 1.47. The van der Waals surface area contributed by atoms with Gasteiger partial charge in [0.2, 0.25) is 5.91 Å². The van der Waals surface area contributed by atoms with Gasteiger partial charge in [0, 0.05) is 24.3 Å². The first-order chi connectivity index (χ1) is 14.7. The highest BCUT2D eigenvalue weighted by molar-refractivity contribution is 8.02. The Labute approximate surface area is 188 Å². The average Bonchev–Trinajstić information content (AvgIpc) is 3.09. The van der Waals surface area contributed by atoms with Crippen LogP contribution in [-0.4, -0.2) is 47.5 Å². The molecule has 1 spiro atoms. The number of rotatable bonds is 3. The van der Waals surface area contributed by atoms with Crippen LogP contribution >= 0.6 is 11.8 Å². The molecule has 0 aliphatic carbocycles. The van der Waals surface area contributed by atoms with Gasteiger partial charge >= 0.3 is 0 Å². The fourth-order valence-corrected chi connectivity index (χ4v) is 5.71. The zero-order chi connectivity index (χ0) is 22.2. The third kappa shape index (κ3) is 4.18. The van der Waals surface area contributed by atoms with Crippen LogP contribution in [-0.2, 0) is 10.2 Å². The van der Waals surface area contributed by atoms with Gasteiger partial charge in [-0.3, -0.25) is 14.5 Å². The number of thioether (sulfide) groups is 1. The van der Waals surface area contributed by atoms with Crippen LogP contribution in [0.2, 0.25) is 0 Å². The van der Waals surface area contributed by atoms with E-state index in [1.165, 1.54) is 5.56 Å². The van der Waals surface area contributed by atoms with Crippen molar-refractivity contribution in [3.63, 3.8) is 0 Å². The van der Waals surface area contributed by atoms with E-state index in [9.17, 15) is 9.59 Å². The van der Waals surface area contributed by atoms with Crippen LogP contribution in [0.15, 0.2) is 48.5 Å². The molecule has 2 aliphatic rings. The smallest absolute Gasteiger partial charge is 0.253 e. The van der Waals surface area contributed by atoms with Crippen LogP contribution in [0.4, 0.5) is 5.69 Å². The minimum Gasteiger partial charge on any atom is -0.497 e. The molecular weight excluding hydrogens is 408 g/mol. The Bertz CT molecular complexity index is 956. The van der Waals surface area contributed by atoms with E-state index in [-0.39, 0.29) is 22.1 Å². The van der Waals surface area contributed by atoms with Gasteiger partial charge in [-0.2, -0.15) is 0 Å². The maximum atomic E-state index is 13.1. The van der Waals surface area contributed by atoms with Gasteiger partial charge in [0.05, 0.1) is 17.7 Å². The summed E-state index contributed by atoms with van der Waals surface area (Å²) < 4.78 is 5.25. The minimum absolute atomic E-state index is 0.0657. The number of amides is 2. The molecule has 0 unspecified atom stereocenters. The molecule has 0 radical (unpaired) electrons. The zero-order valence-electron chi connectivity index (χ0n) is 18.7. The normalized spacial score (nSPS) is 18.5. The quantitative estimate of drug-likeness (QED) is 0.697. The van der Waals surface area contributed by atoms with Crippen LogP contribution in [0.25, 0.3) is 0 Å². The van der Waals surface area contributed by atoms with Crippen LogP contribution in [0, 0.1) is 0 Å². The van der Waals surface area contributed by atoms with E-state index in [1.54, 1.807) is 18.9 Å². The van der Waals surface area contributed by atoms with Crippen molar-refractivity contribution in [1.29, 1.82) is 0 Å². The molecule has 0 N–H and O–H groups in total. The fraction of sp³-hybridized carbons (Fsp3) is 0.440. The lowest BCUT2D eigenvalue weighted by Crippen LogP contribution is -2.53. The molecule has 0 atom stereocenters. The number of carbonyl (C=O) groups is 2. The number of anilines is 1. The number of hydrogen-bond acceptors (Lipinski definition) is 4. The van der Waals surface area contributed by atoms with E-state index in [2.05, 4.69) is 32.9 Å². The van der Waals surface area contributed by atoms with Gasteiger partial charge in [-0.15, -0.1) is 11.8 Å². The lowest BCUT2D eigenvalue weighted by Gasteiger charge is -2.44. The third-order valence-corrected chi connectivity index (χ3v) is 7.80. The second-order valence-corrected chi connectivity index (χ2v) is 10.6. The molecule has 0 aromatic heterocycles. The number of methoxy groups -OCH3 is 1. The summed E-state index contributed by atoms with van der Waals surface area (Å²) in [6.45, 7) is 7.80. The topological polar surface area (TPSA) is 49.9 Å². The standard InChI is InChI=1S/C25H30N2O3S/c1-24(2,3)19-7-5-18(6-8-19)23(29)26-15-13-25(14-16-26)27(22(28)17-31-25)20-9-11-21(30-4)12-10-20/h5-12H,13-17H2,1-4H3. The summed E-state index contributed by atoms with van der Waals surface area (Å²) in [5, 5.41) is 0. The van der Waals surface area contributed by atoms with E-state index < -0.39 is 0 Å². The van der Waals surface area contributed by atoms with Crippen molar-refractivity contribution in [3.8, 4) is 5.75 Å². The van der Waals surface area contributed by atoms with E-state index >= 15 is 0 Å². The first-order valence-corrected chi connectivity index (χ1v) is 11.7. The summed E-state index contributed by atoms with van der Waals surface area (Å²) >= 11 is 1.71. The number of nitrogens with zero attached hydrogens (tertiary/aromatic N) is 2. The van der Waals surface area contributed by atoms with Crippen molar-refractivity contribution >= 4 is 29.3 Å². The first-order valence-electron chi connectivity index (χ1n) is 10.7. The maximum Gasteiger partial charge on any atom is 0.253 e. The van der Waals surface area contributed by atoms with Gasteiger partial charge in [-0.25, -0.2) is 0 Å². The summed E-state index contributed by atoms with van der Waals surface area (Å²) in [5.74, 6) is 1.46. The predicted octanol–water partition coefficient (Wildman–Crippen LogP) is 4.71. The number of carbonyl (C=O) groups excluding carboxylic acids is 2. The van der Waals surface area contributed by atoms with E-state index in [0.29, 0.717) is 18.8 Å². The van der Waals surface area contributed by atoms with E-state index in [0.717, 1.165) is 29.8 Å². The predicted molar refractivity (Wildman–Crippen MR) is 126 cm³/mol. The van der Waals surface area contributed by atoms with Crippen molar-refractivity contribution in [1.82, 2.24) is 4.90 Å². The summed E-state index contributed by atoms with van der Waals surface area (Å²) in [5.41, 5.74) is 2.91. The molecule has 2 heterocycles. The molecule has 4 rings (SSSR count). The molecule has 5 nitrogen and oxygen atoms in total. The first kappa shape index (κ1) is 21.8. The molecule has 31 heavy (non-hydrogen) atoms. The summed E-state index contributed by atoms with van der Waals surface area (Å²) in [6, 6.07) is 15.6. The van der Waals surface area contributed by atoms with E-state index in [4.69, 9.17) is 4.74 Å². The van der Waals surface area contributed by atoms with Gasteiger partial charge in [-0.1, -0.05) is 32.9 Å². The monoisotopic (exact) mass is 438 g/mol. The highest BCUT2D eigenvalue weighted by Crippen LogP contribution is 2.47. The summed E-state index contributed by atoms with van der Waals surface area (Å²) in [7, 11) is 1.64. The van der Waals surface area contributed by atoms with Crippen molar-refractivity contribution in [2.24, 2.45) is 0 Å². The Hall–Kier alpha value is -2.47. The molecule has 0 bridgehead atoms. The number of piperidine rings is 1. The summed E-state index contributed by atoms with van der Waals surface area (Å²) in [4.78, 5) is 29.4.